The average molecular weight is 674 g/mol. The van der Waals surface area contributed by atoms with E-state index in [2.05, 4.69) is 5.43 Å². The number of nitrogens with one attached hydrogen (secondary N) is 1. The zero-order valence-corrected chi connectivity index (χ0v) is 27.9. The first-order chi connectivity index (χ1) is 23.7. The van der Waals surface area contributed by atoms with Crippen LogP contribution < -0.4 is 10.2 Å². The van der Waals surface area contributed by atoms with Gasteiger partial charge in [0, 0.05) is 10.8 Å². The van der Waals surface area contributed by atoms with E-state index in [4.69, 9.17) is 4.74 Å². The van der Waals surface area contributed by atoms with Crippen molar-refractivity contribution in [1.82, 2.24) is 9.91 Å². The fourth-order valence-electron chi connectivity index (χ4n) is 8.78. The minimum absolute atomic E-state index is 0.0566. The van der Waals surface area contributed by atoms with Gasteiger partial charge in [0.25, 0.3) is 11.8 Å². The van der Waals surface area contributed by atoms with Crippen LogP contribution in [0.5, 0.6) is 11.5 Å². The summed E-state index contributed by atoms with van der Waals surface area (Å²) < 4.78 is 5.54. The van der Waals surface area contributed by atoms with Crippen molar-refractivity contribution >= 4 is 40.7 Å². The molecule has 4 aromatic rings. The number of likely N-dealkylation sites (tertiary alicyclic amines) is 1. The van der Waals surface area contributed by atoms with Crippen molar-refractivity contribution in [3.05, 3.63) is 124 Å². The molecule has 3 fully saturated rings. The molecule has 0 spiro atoms. The number of hydrogen-bond donors (Lipinski definition) is 2. The number of imide groups is 2. The van der Waals surface area contributed by atoms with Gasteiger partial charge >= 0.3 is 0 Å². The second-order valence-electron chi connectivity index (χ2n) is 13.4. The first kappa shape index (κ1) is 31.1. The van der Waals surface area contributed by atoms with Crippen molar-refractivity contribution in [2.45, 2.75) is 37.6 Å². The van der Waals surface area contributed by atoms with E-state index in [0.717, 1.165) is 21.0 Å². The van der Waals surface area contributed by atoms with Gasteiger partial charge < -0.3 is 9.84 Å². The first-order valence-electron chi connectivity index (χ1n) is 16.5. The van der Waals surface area contributed by atoms with Crippen LogP contribution in [0.15, 0.2) is 102 Å². The minimum Gasteiger partial charge on any atom is -0.504 e. The Balaban J connectivity index is 1.31. The van der Waals surface area contributed by atoms with Crippen molar-refractivity contribution in [3.63, 3.8) is 0 Å². The molecule has 4 aliphatic rings. The third kappa shape index (κ3) is 4.64. The number of methoxy groups -OCH3 is 1. The normalized spacial score (nSPS) is 27.5. The largest absolute Gasteiger partial charge is 0.504 e. The number of rotatable bonds is 7. The van der Waals surface area contributed by atoms with Gasteiger partial charge in [0.05, 0.1) is 42.5 Å². The lowest BCUT2D eigenvalue weighted by Gasteiger charge is -2.50. The molecule has 6 unspecified atom stereocenters. The number of hydrazine groups is 1. The van der Waals surface area contributed by atoms with Crippen molar-refractivity contribution < 1.29 is 29.0 Å². The second kappa shape index (κ2) is 11.7. The van der Waals surface area contributed by atoms with Crippen LogP contribution in [0, 0.1) is 30.6 Å². The lowest BCUT2D eigenvalue weighted by Crippen LogP contribution is -2.53. The summed E-state index contributed by atoms with van der Waals surface area (Å²) in [4.78, 5) is 60.4. The Labute approximate surface area is 287 Å². The summed E-state index contributed by atoms with van der Waals surface area (Å²) in [6, 6.07) is 25.7. The number of phenolic OH excluding ortho intramolecular Hbond substituents is 1. The molecule has 3 aromatic carbocycles. The molecule has 3 heterocycles. The highest BCUT2D eigenvalue weighted by molar-refractivity contribution is 7.09. The number of aryl methyl sites for hydroxylation is 1. The molecule has 2 aliphatic carbocycles. The number of hydrogen-bond acceptors (Lipinski definition) is 8. The average Bonchev–Trinajstić information content (AvgIpc) is 3.78. The highest BCUT2D eigenvalue weighted by Gasteiger charge is 2.70. The van der Waals surface area contributed by atoms with E-state index in [0.29, 0.717) is 23.2 Å². The number of nitrogens with zero attached hydrogens (tertiary/aromatic N) is 2. The van der Waals surface area contributed by atoms with E-state index in [1.165, 1.54) is 29.4 Å². The molecule has 4 amide bonds. The van der Waals surface area contributed by atoms with Gasteiger partial charge in [0.2, 0.25) is 11.8 Å². The Morgan fingerprint density at radius 2 is 1.69 bits per heavy atom. The zero-order valence-electron chi connectivity index (χ0n) is 27.0. The topological polar surface area (TPSA) is 116 Å². The molecular weight excluding hydrogens is 639 g/mol. The van der Waals surface area contributed by atoms with E-state index >= 15 is 4.79 Å². The van der Waals surface area contributed by atoms with E-state index < -0.39 is 46.8 Å². The highest BCUT2D eigenvalue weighted by Crippen LogP contribution is 2.64. The summed E-state index contributed by atoms with van der Waals surface area (Å²) in [7, 11) is 1.46. The zero-order chi connectivity index (χ0) is 34.0. The van der Waals surface area contributed by atoms with Crippen LogP contribution >= 0.6 is 11.3 Å². The number of amides is 4. The summed E-state index contributed by atoms with van der Waals surface area (Å²) in [5.74, 6) is -4.29. The smallest absolute Gasteiger partial charge is 0.260 e. The Hall–Kier alpha value is -5.22. The molecule has 0 radical (unpaired) electrons. The number of ether oxygens (including phenoxy) is 1. The number of anilines is 1. The van der Waals surface area contributed by atoms with Crippen molar-refractivity contribution in [3.8, 4) is 11.5 Å². The highest BCUT2D eigenvalue weighted by atomic mass is 32.1. The maximum Gasteiger partial charge on any atom is 0.260 e. The maximum atomic E-state index is 15.2. The number of benzene rings is 3. The number of thiophene rings is 1. The van der Waals surface area contributed by atoms with Gasteiger partial charge in [-0.05, 0) is 72.5 Å². The van der Waals surface area contributed by atoms with Gasteiger partial charge in [0.15, 0.2) is 11.5 Å². The van der Waals surface area contributed by atoms with Crippen molar-refractivity contribution in [2.75, 3.05) is 12.5 Å². The molecular formula is C39H35N3O6S. The molecule has 10 heteroatoms. The van der Waals surface area contributed by atoms with E-state index in [-0.39, 0.29) is 36.3 Å². The van der Waals surface area contributed by atoms with E-state index in [9.17, 15) is 19.5 Å². The van der Waals surface area contributed by atoms with Crippen LogP contribution in [0.4, 0.5) is 5.69 Å². The summed E-state index contributed by atoms with van der Waals surface area (Å²) in [5, 5.41) is 13.7. The van der Waals surface area contributed by atoms with Crippen LogP contribution in [0.25, 0.3) is 0 Å². The Morgan fingerprint density at radius 3 is 2.41 bits per heavy atom. The summed E-state index contributed by atoms with van der Waals surface area (Å²) in [6.07, 6.45) is 2.59. The second-order valence-corrected chi connectivity index (χ2v) is 14.4. The van der Waals surface area contributed by atoms with Gasteiger partial charge in [-0.3, -0.25) is 29.5 Å². The van der Waals surface area contributed by atoms with Crippen molar-refractivity contribution in [1.29, 1.82) is 0 Å². The third-order valence-corrected chi connectivity index (χ3v) is 11.8. The number of fused-ring (bicyclic) bond motifs is 4. The van der Waals surface area contributed by atoms with Crippen LogP contribution in [0.2, 0.25) is 0 Å². The van der Waals surface area contributed by atoms with Crippen LogP contribution in [-0.4, -0.2) is 45.8 Å². The molecule has 2 N–H and O–H groups in total. The molecule has 2 aliphatic heterocycles. The molecule has 6 atom stereocenters. The van der Waals surface area contributed by atoms with Crippen molar-refractivity contribution in [2.24, 2.45) is 23.7 Å². The number of aromatic hydroxyl groups is 1. The minimum atomic E-state index is -1.39. The van der Waals surface area contributed by atoms with Crippen LogP contribution in [0.3, 0.4) is 0 Å². The van der Waals surface area contributed by atoms with Crippen LogP contribution in [-0.2, 0) is 31.1 Å². The lowest BCUT2D eigenvalue weighted by molar-refractivity contribution is -0.141. The SMILES string of the molecule is COc1cc(C2C3=CCC4C(=O)N(Cc5cccs5)C(=O)C4C3CC3C(=O)N(Nc4ccc(C)cc4)C(=O)C32c2ccccc2)ccc1O. The Kier molecular flexibility index (Phi) is 7.44. The molecule has 9 nitrogen and oxygen atoms in total. The van der Waals surface area contributed by atoms with E-state index in [1.807, 2.05) is 85.1 Å². The van der Waals surface area contributed by atoms with Gasteiger partial charge in [-0.15, -0.1) is 11.3 Å². The number of phenols is 1. The molecule has 0 bridgehead atoms. The molecule has 1 saturated carbocycles. The Morgan fingerprint density at radius 1 is 0.918 bits per heavy atom. The lowest BCUT2D eigenvalue weighted by atomic mass is 9.49. The predicted molar refractivity (Wildman–Crippen MR) is 183 cm³/mol. The van der Waals surface area contributed by atoms with Crippen LogP contribution in [0.1, 0.15) is 40.3 Å². The van der Waals surface area contributed by atoms with E-state index in [1.54, 1.807) is 12.1 Å². The maximum absolute atomic E-state index is 15.2. The molecule has 1 aromatic heterocycles. The standard InChI is InChI=1S/C39H35N3O6S/c1-22-10-13-25(14-11-22)40-42-36(45)30-20-29-27(15-16-28-33(29)37(46)41(35(28)44)21-26-9-6-18-49-26)34(23-12-17-31(43)32(19-23)48-2)39(30,38(42)47)24-7-4-3-5-8-24/h3-15,17-19,28-30,33-34,40,43H,16,20-21H2,1-2H3. The van der Waals surface area contributed by atoms with Gasteiger partial charge in [-0.2, -0.15) is 5.01 Å². The number of allylic oxidation sites excluding steroid dienone is 2. The first-order valence-corrected chi connectivity index (χ1v) is 17.3. The quantitative estimate of drug-likeness (QED) is 0.184. The van der Waals surface area contributed by atoms with Gasteiger partial charge in [-0.1, -0.05) is 71.8 Å². The summed E-state index contributed by atoms with van der Waals surface area (Å²) >= 11 is 1.50. The van der Waals surface area contributed by atoms with Gasteiger partial charge in [0.1, 0.15) is 0 Å². The fraction of sp³-hybridized carbons (Fsp3) is 0.282. The molecule has 8 rings (SSSR count). The van der Waals surface area contributed by atoms with Gasteiger partial charge in [-0.25, -0.2) is 0 Å². The molecule has 2 saturated heterocycles. The Bertz CT molecular complexity index is 2010. The third-order valence-electron chi connectivity index (χ3n) is 10.9. The molecule has 248 valence electrons. The summed E-state index contributed by atoms with van der Waals surface area (Å²) in [6.45, 7) is 2.18. The monoisotopic (exact) mass is 673 g/mol. The molecule has 49 heavy (non-hydrogen) atoms. The summed E-state index contributed by atoms with van der Waals surface area (Å²) in [5.41, 5.74) is 5.56. The number of carbonyl (C=O) groups excluding carboxylic acids is 4. The predicted octanol–water partition coefficient (Wildman–Crippen LogP) is 5.96. The number of carbonyl (C=O) groups is 4. The fourth-order valence-corrected chi connectivity index (χ4v) is 9.47.